The van der Waals surface area contributed by atoms with Crippen molar-refractivity contribution in [3.05, 3.63) is 69.9 Å². The molecule has 0 bridgehead atoms. The predicted octanol–water partition coefficient (Wildman–Crippen LogP) is 3.96. The molecule has 188 valence electrons. The first-order valence-corrected chi connectivity index (χ1v) is 12.0. The minimum absolute atomic E-state index is 0.0769. The molecule has 0 saturated heterocycles. The fourth-order valence-electron chi connectivity index (χ4n) is 5.01. The zero-order chi connectivity index (χ0) is 25.5. The van der Waals surface area contributed by atoms with E-state index in [9.17, 15) is 9.59 Å². The lowest BCUT2D eigenvalue weighted by molar-refractivity contribution is -0.137. The standard InChI is InChI=1S/C26H35N5O4/c1-18(2)26(23(32)20(16-29-26)14-19-10-6-5-7-11-19)21-17-28-25(24(21)33,15-22(34-3)35-4)12-8-9-13-30-31-27/h5-7,10-11,16-18,22,28-29H,8-9,12-15H2,1-4H3/t25-,26+/m0/s1. The van der Waals surface area contributed by atoms with Gasteiger partial charge < -0.3 is 20.1 Å². The van der Waals surface area contributed by atoms with E-state index in [4.69, 9.17) is 15.0 Å². The van der Waals surface area contributed by atoms with Crippen LogP contribution < -0.4 is 10.6 Å². The highest BCUT2D eigenvalue weighted by Gasteiger charge is 2.57. The number of carbonyl (C=O) groups excluding carboxylic acids is 2. The van der Waals surface area contributed by atoms with Gasteiger partial charge in [0.25, 0.3) is 0 Å². The zero-order valence-corrected chi connectivity index (χ0v) is 20.9. The summed E-state index contributed by atoms with van der Waals surface area (Å²) in [6.07, 6.45) is 5.44. The lowest BCUT2D eigenvalue weighted by atomic mass is 9.71. The Hall–Kier alpha value is -3.13. The van der Waals surface area contributed by atoms with E-state index in [1.54, 1.807) is 12.4 Å². The minimum Gasteiger partial charge on any atom is -0.378 e. The molecule has 9 nitrogen and oxygen atoms in total. The van der Waals surface area contributed by atoms with Crippen molar-refractivity contribution in [2.75, 3.05) is 20.8 Å². The normalized spacial score (nSPS) is 23.7. The van der Waals surface area contributed by atoms with Gasteiger partial charge in [-0.15, -0.1) is 0 Å². The Kier molecular flexibility index (Phi) is 8.72. The second-order valence-electron chi connectivity index (χ2n) is 9.40. The molecule has 2 atom stereocenters. The summed E-state index contributed by atoms with van der Waals surface area (Å²) in [6, 6.07) is 9.82. The summed E-state index contributed by atoms with van der Waals surface area (Å²) in [6.45, 7) is 4.26. The molecule has 0 unspecified atom stereocenters. The van der Waals surface area contributed by atoms with Crippen LogP contribution in [0.5, 0.6) is 0 Å². The molecule has 0 aromatic heterocycles. The molecule has 2 aliphatic rings. The molecule has 0 radical (unpaired) electrons. The van der Waals surface area contributed by atoms with Crippen LogP contribution >= 0.6 is 0 Å². The Bertz CT molecular complexity index is 1030. The van der Waals surface area contributed by atoms with Crippen LogP contribution in [0.1, 0.15) is 45.1 Å². The van der Waals surface area contributed by atoms with Crippen LogP contribution in [-0.2, 0) is 25.5 Å². The third-order valence-corrected chi connectivity index (χ3v) is 7.04. The van der Waals surface area contributed by atoms with Crippen LogP contribution in [0.2, 0.25) is 0 Å². The maximum absolute atomic E-state index is 14.1. The SMILES string of the molecule is COC(C[C@]1(CCCCN=[N+]=[N-])NC=C([C@@]2(C(C)C)NC=C(Cc3ccccc3)C2=O)C1=O)OC. The second kappa shape index (κ2) is 11.5. The van der Waals surface area contributed by atoms with Crippen molar-refractivity contribution in [1.29, 1.82) is 0 Å². The summed E-state index contributed by atoms with van der Waals surface area (Å²) in [5.41, 5.74) is 8.53. The van der Waals surface area contributed by atoms with Gasteiger partial charge >= 0.3 is 0 Å². The number of Topliss-reactive ketones (excluding diaryl/α,β-unsaturated/α-hetero) is 2. The molecular weight excluding hydrogens is 446 g/mol. The van der Waals surface area contributed by atoms with Crippen molar-refractivity contribution in [2.45, 2.75) is 63.3 Å². The number of unbranched alkanes of at least 4 members (excludes halogenated alkanes) is 1. The van der Waals surface area contributed by atoms with Crippen LogP contribution in [0.3, 0.4) is 0 Å². The minimum atomic E-state index is -1.14. The Morgan fingerprint density at radius 3 is 2.37 bits per heavy atom. The fourth-order valence-corrected chi connectivity index (χ4v) is 5.01. The number of nitrogens with zero attached hydrogens (tertiary/aromatic N) is 3. The summed E-state index contributed by atoms with van der Waals surface area (Å²) in [7, 11) is 3.07. The number of methoxy groups -OCH3 is 2. The lowest BCUT2D eigenvalue weighted by Gasteiger charge is -2.36. The highest BCUT2D eigenvalue weighted by Crippen LogP contribution is 2.41. The van der Waals surface area contributed by atoms with Gasteiger partial charge in [-0.2, -0.15) is 0 Å². The van der Waals surface area contributed by atoms with E-state index in [0.29, 0.717) is 43.4 Å². The average molecular weight is 482 g/mol. The van der Waals surface area contributed by atoms with Crippen LogP contribution in [0, 0.1) is 5.92 Å². The molecule has 0 fully saturated rings. The van der Waals surface area contributed by atoms with Crippen LogP contribution in [0.15, 0.2) is 59.0 Å². The van der Waals surface area contributed by atoms with Gasteiger partial charge in [0.2, 0.25) is 0 Å². The van der Waals surface area contributed by atoms with E-state index in [-0.39, 0.29) is 23.9 Å². The number of rotatable bonds is 13. The molecule has 0 aliphatic carbocycles. The number of ether oxygens (including phenoxy) is 2. The Morgan fingerprint density at radius 2 is 1.74 bits per heavy atom. The maximum atomic E-state index is 14.1. The van der Waals surface area contributed by atoms with Gasteiger partial charge in [0.15, 0.2) is 17.9 Å². The van der Waals surface area contributed by atoms with E-state index in [0.717, 1.165) is 5.56 Å². The van der Waals surface area contributed by atoms with Crippen molar-refractivity contribution in [3.63, 3.8) is 0 Å². The molecule has 2 N–H and O–H groups in total. The quantitative estimate of drug-likeness (QED) is 0.144. The third-order valence-electron chi connectivity index (χ3n) is 7.04. The van der Waals surface area contributed by atoms with Crippen LogP contribution in [0.25, 0.3) is 10.4 Å². The van der Waals surface area contributed by atoms with Gasteiger partial charge in [-0.05, 0) is 29.9 Å². The van der Waals surface area contributed by atoms with Gasteiger partial charge in [-0.25, -0.2) is 0 Å². The summed E-state index contributed by atoms with van der Waals surface area (Å²) in [4.78, 5) is 30.7. The number of nitrogens with one attached hydrogen (secondary N) is 2. The highest BCUT2D eigenvalue weighted by molar-refractivity contribution is 6.18. The summed E-state index contributed by atoms with van der Waals surface area (Å²) < 4.78 is 10.8. The van der Waals surface area contributed by atoms with Crippen LogP contribution in [0.4, 0.5) is 0 Å². The second-order valence-corrected chi connectivity index (χ2v) is 9.40. The molecule has 35 heavy (non-hydrogen) atoms. The number of carbonyl (C=O) groups is 2. The smallest absolute Gasteiger partial charge is 0.190 e. The Labute approximate surface area is 206 Å². The summed E-state index contributed by atoms with van der Waals surface area (Å²) in [5, 5.41) is 10.2. The third kappa shape index (κ3) is 5.27. The fraction of sp³-hybridized carbons (Fsp3) is 0.538. The molecule has 2 aliphatic heterocycles. The van der Waals surface area contributed by atoms with Gasteiger partial charge in [0.1, 0.15) is 11.1 Å². The molecule has 1 aromatic rings. The number of hydrogen-bond acceptors (Lipinski definition) is 7. The molecule has 9 heteroatoms. The van der Waals surface area contributed by atoms with Crippen molar-refractivity contribution < 1.29 is 19.1 Å². The average Bonchev–Trinajstić information content (AvgIpc) is 3.35. The van der Waals surface area contributed by atoms with E-state index >= 15 is 0 Å². The lowest BCUT2D eigenvalue weighted by Crippen LogP contribution is -2.57. The Balaban J connectivity index is 1.86. The van der Waals surface area contributed by atoms with Crippen LogP contribution in [-0.4, -0.2) is 49.7 Å². The number of azide groups is 1. The molecule has 0 amide bonds. The number of benzene rings is 1. The summed E-state index contributed by atoms with van der Waals surface area (Å²) in [5.74, 6) is -0.380. The van der Waals surface area contributed by atoms with Gasteiger partial charge in [0, 0.05) is 62.1 Å². The van der Waals surface area contributed by atoms with Gasteiger partial charge in [-0.3, -0.25) is 9.59 Å². The predicted molar refractivity (Wildman–Crippen MR) is 133 cm³/mol. The molecule has 0 saturated carbocycles. The first-order valence-electron chi connectivity index (χ1n) is 12.0. The van der Waals surface area contributed by atoms with E-state index in [1.807, 2.05) is 44.2 Å². The molecule has 1 aromatic carbocycles. The molecule has 3 rings (SSSR count). The molecular formula is C26H35N5O4. The topological polar surface area (TPSA) is 125 Å². The Morgan fingerprint density at radius 1 is 1.03 bits per heavy atom. The zero-order valence-electron chi connectivity index (χ0n) is 20.9. The van der Waals surface area contributed by atoms with E-state index in [2.05, 4.69) is 20.7 Å². The van der Waals surface area contributed by atoms with E-state index in [1.165, 1.54) is 14.2 Å². The van der Waals surface area contributed by atoms with Gasteiger partial charge in [0.05, 0.1) is 0 Å². The molecule has 2 heterocycles. The molecule has 0 spiro atoms. The van der Waals surface area contributed by atoms with Crippen molar-refractivity contribution >= 4 is 11.6 Å². The maximum Gasteiger partial charge on any atom is 0.190 e. The van der Waals surface area contributed by atoms with Crippen molar-refractivity contribution in [1.82, 2.24) is 10.6 Å². The number of ketones is 2. The largest absolute Gasteiger partial charge is 0.378 e. The van der Waals surface area contributed by atoms with E-state index < -0.39 is 17.4 Å². The monoisotopic (exact) mass is 481 g/mol. The first-order chi connectivity index (χ1) is 16.8. The summed E-state index contributed by atoms with van der Waals surface area (Å²) >= 11 is 0. The number of hydrogen-bond donors (Lipinski definition) is 2. The highest BCUT2D eigenvalue weighted by atomic mass is 16.7. The van der Waals surface area contributed by atoms with Gasteiger partial charge in [-0.1, -0.05) is 55.7 Å². The first kappa shape index (κ1) is 26.5. The van der Waals surface area contributed by atoms with Crippen molar-refractivity contribution in [3.8, 4) is 0 Å². The van der Waals surface area contributed by atoms with Crippen molar-refractivity contribution in [2.24, 2.45) is 11.0 Å².